The van der Waals surface area contributed by atoms with E-state index in [-0.39, 0.29) is 17.9 Å². The molecule has 0 aliphatic carbocycles. The first kappa shape index (κ1) is 21.9. The van der Waals surface area contributed by atoms with E-state index in [0.717, 1.165) is 45.0 Å². The summed E-state index contributed by atoms with van der Waals surface area (Å²) in [6.07, 6.45) is 0. The van der Waals surface area contributed by atoms with Gasteiger partial charge in [0.25, 0.3) is 0 Å². The van der Waals surface area contributed by atoms with Crippen LogP contribution in [0, 0.1) is 0 Å². The number of nitrogens with two attached hydrogens (primary N) is 1. The van der Waals surface area contributed by atoms with Crippen molar-refractivity contribution in [1.82, 2.24) is 29.7 Å². The molecule has 1 saturated heterocycles. The predicted octanol–water partition coefficient (Wildman–Crippen LogP) is 1.74. The lowest BCUT2D eigenvalue weighted by Gasteiger charge is -2.37. The summed E-state index contributed by atoms with van der Waals surface area (Å²) in [6.45, 7) is 11.5. The van der Waals surface area contributed by atoms with Crippen LogP contribution in [0.4, 0.5) is 17.6 Å². The Kier molecular flexibility index (Phi) is 7.53. The molecule has 1 unspecified atom stereocenters. The number of benzene rings is 1. The molecule has 3 rings (SSSR count). The number of nitrogen functional groups attached to an aromatic ring is 1. The van der Waals surface area contributed by atoms with Crippen molar-refractivity contribution in [2.45, 2.75) is 26.8 Å². The van der Waals surface area contributed by atoms with Crippen LogP contribution in [0.3, 0.4) is 0 Å². The molecule has 0 saturated carbocycles. The molecule has 1 aromatic carbocycles. The highest BCUT2D eigenvalue weighted by molar-refractivity contribution is 5.78. The van der Waals surface area contributed by atoms with Crippen molar-refractivity contribution >= 4 is 23.5 Å². The molecule has 2 aromatic rings. The third kappa shape index (κ3) is 5.64. The van der Waals surface area contributed by atoms with Gasteiger partial charge in [-0.1, -0.05) is 18.2 Å². The van der Waals surface area contributed by atoms with Gasteiger partial charge in [-0.2, -0.15) is 15.0 Å². The Bertz CT molecular complexity index is 819. The minimum Gasteiger partial charge on any atom is -0.368 e. The number of hydrogen-bond donors (Lipinski definition) is 2. The lowest BCUT2D eigenvalue weighted by atomic mass is 10.2. The van der Waals surface area contributed by atoms with Gasteiger partial charge in [-0.3, -0.25) is 14.6 Å². The summed E-state index contributed by atoms with van der Waals surface area (Å²) in [6, 6.07) is 9.74. The van der Waals surface area contributed by atoms with Gasteiger partial charge >= 0.3 is 0 Å². The van der Waals surface area contributed by atoms with Crippen LogP contribution >= 0.6 is 0 Å². The van der Waals surface area contributed by atoms with E-state index in [1.165, 1.54) is 0 Å². The topological polar surface area (TPSA) is 104 Å². The minimum absolute atomic E-state index is 0.00672. The van der Waals surface area contributed by atoms with Crippen molar-refractivity contribution in [3.8, 4) is 0 Å². The zero-order chi connectivity index (χ0) is 21.5. The highest BCUT2D eigenvalue weighted by Gasteiger charge is 2.26. The summed E-state index contributed by atoms with van der Waals surface area (Å²) in [5.41, 5.74) is 6.84. The Labute approximate surface area is 178 Å². The van der Waals surface area contributed by atoms with E-state index in [9.17, 15) is 4.79 Å². The fraction of sp³-hybridized carbons (Fsp3) is 0.524. The quantitative estimate of drug-likeness (QED) is 0.676. The summed E-state index contributed by atoms with van der Waals surface area (Å²) in [4.78, 5) is 31.9. The van der Waals surface area contributed by atoms with E-state index in [4.69, 9.17) is 5.73 Å². The number of hydrogen-bond acceptors (Lipinski definition) is 8. The molecule has 0 spiro atoms. The molecule has 1 aromatic heterocycles. The molecule has 1 fully saturated rings. The monoisotopic (exact) mass is 412 g/mol. The fourth-order valence-electron chi connectivity index (χ4n) is 3.64. The van der Waals surface area contributed by atoms with E-state index in [1.807, 2.05) is 49.1 Å². The Morgan fingerprint density at radius 3 is 2.40 bits per heavy atom. The van der Waals surface area contributed by atoms with Gasteiger partial charge in [0.2, 0.25) is 17.8 Å². The predicted molar refractivity (Wildman–Crippen MR) is 118 cm³/mol. The van der Waals surface area contributed by atoms with Crippen molar-refractivity contribution < 1.29 is 4.79 Å². The molecule has 9 heteroatoms. The third-order valence-corrected chi connectivity index (χ3v) is 5.50. The van der Waals surface area contributed by atoms with Crippen LogP contribution in [0.2, 0.25) is 0 Å². The Morgan fingerprint density at radius 2 is 1.77 bits per heavy atom. The number of carbonyl (C=O) groups excluding carboxylic acids is 1. The Balaban J connectivity index is 1.59. The molecule has 3 N–H and O–H groups in total. The van der Waals surface area contributed by atoms with Crippen LogP contribution in [-0.4, -0.2) is 81.4 Å². The van der Waals surface area contributed by atoms with Gasteiger partial charge in [0.1, 0.15) is 0 Å². The summed E-state index contributed by atoms with van der Waals surface area (Å²) in [7, 11) is 0. The molecular formula is C21H32N8O. The molecule has 0 bridgehead atoms. The number of likely N-dealkylation sites (N-methyl/N-ethyl adjacent to an activating group) is 1. The van der Waals surface area contributed by atoms with E-state index in [2.05, 4.69) is 37.0 Å². The summed E-state index contributed by atoms with van der Waals surface area (Å²) < 4.78 is 0. The van der Waals surface area contributed by atoms with Crippen LogP contribution in [0.5, 0.6) is 0 Å². The second kappa shape index (κ2) is 10.3. The summed E-state index contributed by atoms with van der Waals surface area (Å²) in [5, 5.41) is 3.18. The maximum atomic E-state index is 12.4. The van der Waals surface area contributed by atoms with Gasteiger partial charge in [0.05, 0.1) is 12.6 Å². The largest absolute Gasteiger partial charge is 0.368 e. The lowest BCUT2D eigenvalue weighted by molar-refractivity contribution is -0.132. The highest BCUT2D eigenvalue weighted by Crippen LogP contribution is 2.21. The standard InChI is InChI=1S/C21H32N8O/c1-4-28(5-2)18(30)15-27-11-13-29(14-12-27)16(3)19-24-20(22)26-21(25-19)23-17-9-7-6-8-10-17/h6-10,16H,4-5,11-15H2,1-3H3,(H3,22,23,24,25,26). The molecule has 1 aliphatic heterocycles. The number of rotatable bonds is 8. The summed E-state index contributed by atoms with van der Waals surface area (Å²) in [5.74, 6) is 1.49. The molecule has 1 aliphatic rings. The average Bonchev–Trinajstić information content (AvgIpc) is 2.75. The van der Waals surface area contributed by atoms with Gasteiger partial charge in [0.15, 0.2) is 5.82 Å². The van der Waals surface area contributed by atoms with Crippen molar-refractivity contribution in [2.24, 2.45) is 0 Å². The minimum atomic E-state index is 0.00672. The van der Waals surface area contributed by atoms with E-state index in [0.29, 0.717) is 18.3 Å². The fourth-order valence-corrected chi connectivity index (χ4v) is 3.64. The zero-order valence-corrected chi connectivity index (χ0v) is 18.1. The van der Waals surface area contributed by atoms with Crippen molar-refractivity contribution in [2.75, 3.05) is 56.9 Å². The Hall–Kier alpha value is -2.78. The van der Waals surface area contributed by atoms with Gasteiger partial charge in [-0.05, 0) is 32.9 Å². The number of aromatic nitrogens is 3. The number of amides is 1. The van der Waals surface area contributed by atoms with Crippen LogP contribution < -0.4 is 11.1 Å². The van der Waals surface area contributed by atoms with Crippen LogP contribution in [0.25, 0.3) is 0 Å². The number of anilines is 3. The second-order valence-corrected chi connectivity index (χ2v) is 7.42. The Morgan fingerprint density at radius 1 is 1.10 bits per heavy atom. The molecule has 30 heavy (non-hydrogen) atoms. The lowest BCUT2D eigenvalue weighted by Crippen LogP contribution is -2.50. The molecule has 1 atom stereocenters. The van der Waals surface area contributed by atoms with E-state index < -0.39 is 0 Å². The molecule has 1 amide bonds. The maximum absolute atomic E-state index is 12.4. The van der Waals surface area contributed by atoms with Crippen LogP contribution in [0.1, 0.15) is 32.6 Å². The first-order chi connectivity index (χ1) is 14.5. The molecule has 9 nitrogen and oxygen atoms in total. The van der Waals surface area contributed by atoms with Crippen LogP contribution in [0.15, 0.2) is 30.3 Å². The number of nitrogens with one attached hydrogen (secondary N) is 1. The van der Waals surface area contributed by atoms with Crippen molar-refractivity contribution in [3.63, 3.8) is 0 Å². The molecule has 2 heterocycles. The number of para-hydroxylation sites is 1. The van der Waals surface area contributed by atoms with Crippen molar-refractivity contribution in [3.05, 3.63) is 36.2 Å². The SMILES string of the molecule is CCN(CC)C(=O)CN1CCN(C(C)c2nc(N)nc(Nc3ccccc3)n2)CC1. The van der Waals surface area contributed by atoms with Crippen LogP contribution in [-0.2, 0) is 4.79 Å². The smallest absolute Gasteiger partial charge is 0.236 e. The van der Waals surface area contributed by atoms with Gasteiger partial charge < -0.3 is 16.0 Å². The number of carbonyl (C=O) groups is 1. The van der Waals surface area contributed by atoms with Gasteiger partial charge in [0, 0.05) is 45.0 Å². The van der Waals surface area contributed by atoms with Gasteiger partial charge in [-0.25, -0.2) is 0 Å². The molecular weight excluding hydrogens is 380 g/mol. The molecule has 162 valence electrons. The number of nitrogens with zero attached hydrogens (tertiary/aromatic N) is 6. The first-order valence-electron chi connectivity index (χ1n) is 10.6. The first-order valence-corrected chi connectivity index (χ1v) is 10.6. The average molecular weight is 413 g/mol. The zero-order valence-electron chi connectivity index (χ0n) is 18.1. The van der Waals surface area contributed by atoms with E-state index in [1.54, 1.807) is 0 Å². The van der Waals surface area contributed by atoms with Gasteiger partial charge in [-0.15, -0.1) is 0 Å². The second-order valence-electron chi connectivity index (χ2n) is 7.42. The highest BCUT2D eigenvalue weighted by atomic mass is 16.2. The molecule has 0 radical (unpaired) electrons. The third-order valence-electron chi connectivity index (χ3n) is 5.50. The summed E-state index contributed by atoms with van der Waals surface area (Å²) >= 11 is 0. The number of piperazine rings is 1. The normalized spacial score (nSPS) is 16.2. The maximum Gasteiger partial charge on any atom is 0.236 e. The van der Waals surface area contributed by atoms with E-state index >= 15 is 0 Å². The van der Waals surface area contributed by atoms with Crippen molar-refractivity contribution in [1.29, 1.82) is 0 Å².